The summed E-state index contributed by atoms with van der Waals surface area (Å²) < 4.78 is 0. The van der Waals surface area contributed by atoms with Crippen LogP contribution in [0.1, 0.15) is 65.2 Å². The summed E-state index contributed by atoms with van der Waals surface area (Å²) in [6.07, 6.45) is 6.99. The lowest BCUT2D eigenvalue weighted by atomic mass is 9.89. The van der Waals surface area contributed by atoms with Gasteiger partial charge in [-0.1, -0.05) is 39.5 Å². The SMILES string of the molecule is CCCCCCC(CC)C(=O)C(N)CCC(N)=O. The second-order valence-corrected chi connectivity index (χ2v) is 4.97. The molecule has 0 saturated carbocycles. The lowest BCUT2D eigenvalue weighted by molar-refractivity contribution is -0.124. The summed E-state index contributed by atoms with van der Waals surface area (Å²) in [6, 6.07) is -0.534. The quantitative estimate of drug-likeness (QED) is 0.555. The first-order valence-electron chi connectivity index (χ1n) is 7.10. The predicted octanol–water partition coefficient (Wildman–Crippen LogP) is 2.14. The van der Waals surface area contributed by atoms with Crippen molar-refractivity contribution in [2.24, 2.45) is 17.4 Å². The van der Waals surface area contributed by atoms with Crippen molar-refractivity contribution in [2.45, 2.75) is 71.3 Å². The summed E-state index contributed by atoms with van der Waals surface area (Å²) in [5.74, 6) is -0.255. The topological polar surface area (TPSA) is 86.2 Å². The van der Waals surface area contributed by atoms with E-state index in [1.165, 1.54) is 19.3 Å². The minimum absolute atomic E-state index is 0.0460. The lowest BCUT2D eigenvalue weighted by Crippen LogP contribution is -2.36. The molecule has 2 unspecified atom stereocenters. The number of hydrogen-bond acceptors (Lipinski definition) is 3. The van der Waals surface area contributed by atoms with Crippen LogP contribution in [-0.2, 0) is 9.59 Å². The zero-order valence-corrected chi connectivity index (χ0v) is 11.8. The molecule has 0 aromatic carbocycles. The van der Waals surface area contributed by atoms with Gasteiger partial charge in [-0.2, -0.15) is 0 Å². The zero-order chi connectivity index (χ0) is 14.0. The molecule has 18 heavy (non-hydrogen) atoms. The Hall–Kier alpha value is -0.900. The Kier molecular flexibility index (Phi) is 9.56. The molecule has 0 aliphatic heterocycles. The van der Waals surface area contributed by atoms with Gasteiger partial charge in [0.15, 0.2) is 5.78 Å². The van der Waals surface area contributed by atoms with E-state index in [0.29, 0.717) is 6.42 Å². The van der Waals surface area contributed by atoms with E-state index in [0.717, 1.165) is 19.3 Å². The number of carbonyl (C=O) groups is 2. The van der Waals surface area contributed by atoms with Crippen LogP contribution in [0.25, 0.3) is 0 Å². The zero-order valence-electron chi connectivity index (χ0n) is 11.8. The molecular formula is C14H28N2O2. The van der Waals surface area contributed by atoms with Gasteiger partial charge in [-0.25, -0.2) is 0 Å². The van der Waals surface area contributed by atoms with Gasteiger partial charge < -0.3 is 11.5 Å². The van der Waals surface area contributed by atoms with E-state index in [1.54, 1.807) is 0 Å². The van der Waals surface area contributed by atoms with Crippen LogP contribution in [0.5, 0.6) is 0 Å². The van der Waals surface area contributed by atoms with Gasteiger partial charge >= 0.3 is 0 Å². The molecule has 0 heterocycles. The first-order valence-corrected chi connectivity index (χ1v) is 7.10. The van der Waals surface area contributed by atoms with Crippen molar-refractivity contribution < 1.29 is 9.59 Å². The van der Waals surface area contributed by atoms with E-state index in [2.05, 4.69) is 6.92 Å². The largest absolute Gasteiger partial charge is 0.370 e. The van der Waals surface area contributed by atoms with E-state index in [4.69, 9.17) is 11.5 Å². The standard InChI is InChI=1S/C14H28N2O2/c1-3-5-6-7-8-11(4-2)14(18)12(15)9-10-13(16)17/h11-12H,3-10,15H2,1-2H3,(H2,16,17). The highest BCUT2D eigenvalue weighted by Gasteiger charge is 2.22. The van der Waals surface area contributed by atoms with E-state index in [9.17, 15) is 9.59 Å². The van der Waals surface area contributed by atoms with Crippen LogP contribution in [0.15, 0.2) is 0 Å². The van der Waals surface area contributed by atoms with Crippen LogP contribution >= 0.6 is 0 Å². The van der Waals surface area contributed by atoms with Gasteiger partial charge in [-0.15, -0.1) is 0 Å². The number of amides is 1. The van der Waals surface area contributed by atoms with Crippen LogP contribution < -0.4 is 11.5 Å². The second-order valence-electron chi connectivity index (χ2n) is 4.97. The van der Waals surface area contributed by atoms with Gasteiger partial charge in [0.05, 0.1) is 6.04 Å². The van der Waals surface area contributed by atoms with Crippen LogP contribution in [0.4, 0.5) is 0 Å². The fraction of sp³-hybridized carbons (Fsp3) is 0.857. The van der Waals surface area contributed by atoms with Crippen molar-refractivity contribution in [3.05, 3.63) is 0 Å². The molecule has 0 aromatic heterocycles. The maximum Gasteiger partial charge on any atom is 0.217 e. The van der Waals surface area contributed by atoms with Gasteiger partial charge in [0.2, 0.25) is 5.91 Å². The number of hydrogen-bond donors (Lipinski definition) is 2. The Bertz CT molecular complexity index is 254. The number of Topliss-reactive ketones (excluding diaryl/α,β-unsaturated/α-hetero) is 1. The van der Waals surface area contributed by atoms with E-state index >= 15 is 0 Å². The molecule has 0 aromatic rings. The number of primary amides is 1. The molecule has 106 valence electrons. The van der Waals surface area contributed by atoms with Crippen LogP contribution in [0, 0.1) is 5.92 Å². The third-order valence-corrected chi connectivity index (χ3v) is 3.37. The first-order chi connectivity index (χ1) is 8.52. The average Bonchev–Trinajstić information content (AvgIpc) is 2.35. The van der Waals surface area contributed by atoms with Gasteiger partial charge in [0.25, 0.3) is 0 Å². The van der Waals surface area contributed by atoms with E-state index in [-0.39, 0.29) is 18.1 Å². The maximum absolute atomic E-state index is 12.1. The Labute approximate surface area is 110 Å². The molecule has 0 aliphatic carbocycles. The normalized spacial score (nSPS) is 14.2. The smallest absolute Gasteiger partial charge is 0.217 e. The summed E-state index contributed by atoms with van der Waals surface area (Å²) in [4.78, 5) is 22.7. The summed E-state index contributed by atoms with van der Waals surface area (Å²) in [6.45, 7) is 4.19. The monoisotopic (exact) mass is 256 g/mol. The molecular weight excluding hydrogens is 228 g/mol. The molecule has 1 amide bonds. The summed E-state index contributed by atoms with van der Waals surface area (Å²) >= 11 is 0. The fourth-order valence-corrected chi connectivity index (χ4v) is 2.11. The molecule has 0 fully saturated rings. The minimum Gasteiger partial charge on any atom is -0.370 e. The van der Waals surface area contributed by atoms with Crippen LogP contribution in [0.3, 0.4) is 0 Å². The molecule has 4 N–H and O–H groups in total. The molecule has 0 bridgehead atoms. The highest BCUT2D eigenvalue weighted by Crippen LogP contribution is 2.17. The van der Waals surface area contributed by atoms with Crippen molar-refractivity contribution in [2.75, 3.05) is 0 Å². The third-order valence-electron chi connectivity index (χ3n) is 3.37. The van der Waals surface area contributed by atoms with E-state index in [1.807, 2.05) is 6.92 Å². The van der Waals surface area contributed by atoms with Crippen LogP contribution in [-0.4, -0.2) is 17.7 Å². The minimum atomic E-state index is -0.534. The number of unbranched alkanes of at least 4 members (excludes halogenated alkanes) is 3. The summed E-state index contributed by atoms with van der Waals surface area (Å²) in [5.41, 5.74) is 10.9. The van der Waals surface area contributed by atoms with Crippen LogP contribution in [0.2, 0.25) is 0 Å². The number of rotatable bonds is 11. The van der Waals surface area contributed by atoms with Crippen molar-refractivity contribution in [3.63, 3.8) is 0 Å². The molecule has 2 atom stereocenters. The highest BCUT2D eigenvalue weighted by atomic mass is 16.1. The molecule has 0 rings (SSSR count). The average molecular weight is 256 g/mol. The van der Waals surface area contributed by atoms with Crippen molar-refractivity contribution >= 4 is 11.7 Å². The van der Waals surface area contributed by atoms with Gasteiger partial charge in [0.1, 0.15) is 0 Å². The van der Waals surface area contributed by atoms with Gasteiger partial charge in [-0.3, -0.25) is 9.59 Å². The first kappa shape index (κ1) is 17.1. The predicted molar refractivity (Wildman–Crippen MR) is 74.0 cm³/mol. The van der Waals surface area contributed by atoms with Crippen molar-refractivity contribution in [1.82, 2.24) is 0 Å². The molecule has 0 saturated heterocycles. The molecule has 4 heteroatoms. The number of nitrogens with two attached hydrogens (primary N) is 2. The maximum atomic E-state index is 12.1. The third kappa shape index (κ3) is 7.43. The highest BCUT2D eigenvalue weighted by molar-refractivity contribution is 5.86. The Morgan fingerprint density at radius 2 is 1.72 bits per heavy atom. The molecule has 4 nitrogen and oxygen atoms in total. The van der Waals surface area contributed by atoms with E-state index < -0.39 is 11.9 Å². The van der Waals surface area contributed by atoms with Crippen molar-refractivity contribution in [1.29, 1.82) is 0 Å². The van der Waals surface area contributed by atoms with Gasteiger partial charge in [-0.05, 0) is 19.3 Å². The Balaban J connectivity index is 4.03. The lowest BCUT2D eigenvalue weighted by Gasteiger charge is -2.18. The summed E-state index contributed by atoms with van der Waals surface area (Å²) in [7, 11) is 0. The Morgan fingerprint density at radius 3 is 2.22 bits per heavy atom. The molecule has 0 spiro atoms. The summed E-state index contributed by atoms with van der Waals surface area (Å²) in [5, 5.41) is 0. The molecule has 0 radical (unpaired) electrons. The van der Waals surface area contributed by atoms with Crippen molar-refractivity contribution in [3.8, 4) is 0 Å². The second kappa shape index (κ2) is 10.1. The molecule has 0 aliphatic rings. The van der Waals surface area contributed by atoms with Gasteiger partial charge in [0, 0.05) is 12.3 Å². The Morgan fingerprint density at radius 1 is 1.06 bits per heavy atom. The fourth-order valence-electron chi connectivity index (χ4n) is 2.11. The number of ketones is 1. The number of carbonyl (C=O) groups excluding carboxylic acids is 2.